The molecule has 1 aromatic carbocycles. The van der Waals surface area contributed by atoms with Crippen molar-refractivity contribution < 1.29 is 13.9 Å². The number of hydrogen-bond donors (Lipinski definition) is 2. The summed E-state index contributed by atoms with van der Waals surface area (Å²) >= 11 is 0. The van der Waals surface area contributed by atoms with E-state index in [1.807, 2.05) is 0 Å². The van der Waals surface area contributed by atoms with E-state index in [-0.39, 0.29) is 17.5 Å². The van der Waals surface area contributed by atoms with Gasteiger partial charge in [-0.3, -0.25) is 5.32 Å². The van der Waals surface area contributed by atoms with Crippen molar-refractivity contribution in [2.24, 2.45) is 5.73 Å². The fourth-order valence-corrected chi connectivity index (χ4v) is 1.21. The van der Waals surface area contributed by atoms with E-state index in [1.54, 1.807) is 13.0 Å². The molecule has 0 aliphatic rings. The van der Waals surface area contributed by atoms with E-state index in [1.165, 1.54) is 19.1 Å². The SMILES string of the molecule is C=C(C)OC(=O)Nc1ccc([C@H](C)N)cc1F. The summed E-state index contributed by atoms with van der Waals surface area (Å²) < 4.78 is 18.2. The Hall–Kier alpha value is -1.88. The minimum absolute atomic E-state index is 0.0423. The summed E-state index contributed by atoms with van der Waals surface area (Å²) in [7, 11) is 0. The van der Waals surface area contributed by atoms with Crippen molar-refractivity contribution in [3.8, 4) is 0 Å². The normalized spacial score (nSPS) is 11.8. The molecule has 0 radical (unpaired) electrons. The van der Waals surface area contributed by atoms with Crippen LogP contribution < -0.4 is 11.1 Å². The first-order chi connectivity index (χ1) is 7.90. The molecule has 1 atom stereocenters. The zero-order valence-electron chi connectivity index (χ0n) is 9.79. The van der Waals surface area contributed by atoms with E-state index < -0.39 is 11.9 Å². The lowest BCUT2D eigenvalue weighted by molar-refractivity contribution is 0.192. The van der Waals surface area contributed by atoms with E-state index in [0.717, 1.165) is 0 Å². The highest BCUT2D eigenvalue weighted by Gasteiger charge is 2.10. The van der Waals surface area contributed by atoms with Crippen LogP contribution >= 0.6 is 0 Å². The Morgan fingerprint density at radius 2 is 2.24 bits per heavy atom. The lowest BCUT2D eigenvalue weighted by Gasteiger charge is -2.10. The van der Waals surface area contributed by atoms with Crippen molar-refractivity contribution in [2.75, 3.05) is 5.32 Å². The maximum atomic E-state index is 13.6. The highest BCUT2D eigenvalue weighted by Crippen LogP contribution is 2.19. The lowest BCUT2D eigenvalue weighted by Crippen LogP contribution is -2.14. The van der Waals surface area contributed by atoms with Crippen molar-refractivity contribution in [3.63, 3.8) is 0 Å². The van der Waals surface area contributed by atoms with Crippen LogP contribution in [0.15, 0.2) is 30.5 Å². The highest BCUT2D eigenvalue weighted by molar-refractivity contribution is 5.85. The Labute approximate surface area is 99.3 Å². The fourth-order valence-electron chi connectivity index (χ4n) is 1.21. The lowest BCUT2D eigenvalue weighted by atomic mass is 10.1. The molecular weight excluding hydrogens is 223 g/mol. The molecule has 0 aliphatic carbocycles. The second-order valence-electron chi connectivity index (χ2n) is 3.74. The molecule has 0 bridgehead atoms. The zero-order valence-corrected chi connectivity index (χ0v) is 9.79. The molecule has 3 N–H and O–H groups in total. The van der Waals surface area contributed by atoms with Crippen LogP contribution in [0.5, 0.6) is 0 Å². The predicted octanol–water partition coefficient (Wildman–Crippen LogP) is 2.93. The third kappa shape index (κ3) is 3.88. The van der Waals surface area contributed by atoms with Crippen LogP contribution in [0.25, 0.3) is 0 Å². The van der Waals surface area contributed by atoms with Crippen LogP contribution in [-0.2, 0) is 4.74 Å². The van der Waals surface area contributed by atoms with Gasteiger partial charge in [0.15, 0.2) is 0 Å². The van der Waals surface area contributed by atoms with Gasteiger partial charge in [0.25, 0.3) is 0 Å². The minimum atomic E-state index is -0.773. The summed E-state index contributed by atoms with van der Waals surface area (Å²) in [5, 5.41) is 2.27. The zero-order chi connectivity index (χ0) is 13.0. The van der Waals surface area contributed by atoms with Crippen molar-refractivity contribution in [1.29, 1.82) is 0 Å². The Balaban J connectivity index is 2.79. The third-order valence-corrected chi connectivity index (χ3v) is 2.02. The van der Waals surface area contributed by atoms with Crippen LogP contribution in [0.3, 0.4) is 0 Å². The van der Waals surface area contributed by atoms with Crippen molar-refractivity contribution in [1.82, 2.24) is 0 Å². The van der Waals surface area contributed by atoms with Gasteiger partial charge < -0.3 is 10.5 Å². The molecule has 1 aromatic rings. The first kappa shape index (κ1) is 13.2. The van der Waals surface area contributed by atoms with Crippen LogP contribution in [0, 0.1) is 5.82 Å². The molecular formula is C12H15FN2O2. The largest absolute Gasteiger partial charge is 0.416 e. The van der Waals surface area contributed by atoms with Gasteiger partial charge in [0.1, 0.15) is 5.82 Å². The molecule has 0 saturated carbocycles. The molecule has 0 fully saturated rings. The minimum Gasteiger partial charge on any atom is -0.416 e. The van der Waals surface area contributed by atoms with Gasteiger partial charge in [-0.15, -0.1) is 0 Å². The first-order valence-electron chi connectivity index (χ1n) is 5.09. The molecule has 0 spiro atoms. The summed E-state index contributed by atoms with van der Waals surface area (Å²) in [6, 6.07) is 4.10. The van der Waals surface area contributed by atoms with E-state index in [2.05, 4.69) is 16.6 Å². The van der Waals surface area contributed by atoms with E-state index in [9.17, 15) is 9.18 Å². The Morgan fingerprint density at radius 3 is 2.71 bits per heavy atom. The second kappa shape index (κ2) is 5.45. The van der Waals surface area contributed by atoms with Gasteiger partial charge in [0.2, 0.25) is 0 Å². The molecule has 0 aromatic heterocycles. The number of nitrogens with one attached hydrogen (secondary N) is 1. The predicted molar refractivity (Wildman–Crippen MR) is 63.9 cm³/mol. The number of carbonyl (C=O) groups is 1. The Kier molecular flexibility index (Phi) is 4.23. The molecule has 4 nitrogen and oxygen atoms in total. The number of allylic oxidation sites excluding steroid dienone is 1. The number of rotatable bonds is 3. The van der Waals surface area contributed by atoms with Gasteiger partial charge in [-0.1, -0.05) is 12.6 Å². The van der Waals surface area contributed by atoms with Crippen LogP contribution in [0.2, 0.25) is 0 Å². The smallest absolute Gasteiger partial charge is 0.416 e. The maximum absolute atomic E-state index is 13.6. The van der Waals surface area contributed by atoms with Gasteiger partial charge in [-0.05, 0) is 31.5 Å². The number of anilines is 1. The Bertz CT molecular complexity index is 444. The van der Waals surface area contributed by atoms with Crippen molar-refractivity contribution in [2.45, 2.75) is 19.9 Å². The van der Waals surface area contributed by atoms with E-state index >= 15 is 0 Å². The van der Waals surface area contributed by atoms with Crippen LogP contribution in [-0.4, -0.2) is 6.09 Å². The molecule has 5 heteroatoms. The summed E-state index contributed by atoms with van der Waals surface area (Å²) in [6.45, 7) is 6.67. The summed E-state index contributed by atoms with van der Waals surface area (Å²) in [4.78, 5) is 11.2. The van der Waals surface area contributed by atoms with Gasteiger partial charge in [-0.25, -0.2) is 9.18 Å². The first-order valence-corrected chi connectivity index (χ1v) is 5.09. The maximum Gasteiger partial charge on any atom is 0.416 e. The molecule has 1 rings (SSSR count). The van der Waals surface area contributed by atoms with Crippen molar-refractivity contribution >= 4 is 11.8 Å². The third-order valence-electron chi connectivity index (χ3n) is 2.02. The number of nitrogens with two attached hydrogens (primary N) is 1. The summed E-state index contributed by atoms with van der Waals surface area (Å²) in [6.07, 6.45) is -0.773. The van der Waals surface area contributed by atoms with Crippen molar-refractivity contribution in [3.05, 3.63) is 41.9 Å². The average Bonchev–Trinajstić information content (AvgIpc) is 2.19. The number of halogens is 1. The topological polar surface area (TPSA) is 64.3 Å². The number of ether oxygens (including phenoxy) is 1. The standard InChI is InChI=1S/C12H15FN2O2/c1-7(2)17-12(16)15-11-5-4-9(8(3)14)6-10(11)13/h4-6,8H,1,14H2,2-3H3,(H,15,16)/t8-/m0/s1. The van der Waals surface area contributed by atoms with E-state index in [4.69, 9.17) is 5.73 Å². The quantitative estimate of drug-likeness (QED) is 0.796. The van der Waals surface area contributed by atoms with Gasteiger partial charge in [0.05, 0.1) is 11.4 Å². The number of benzene rings is 1. The number of amides is 1. The molecule has 1 amide bonds. The Morgan fingerprint density at radius 1 is 1.59 bits per heavy atom. The molecule has 17 heavy (non-hydrogen) atoms. The van der Waals surface area contributed by atoms with Gasteiger partial charge in [0, 0.05) is 6.04 Å². The van der Waals surface area contributed by atoms with Crippen LogP contribution in [0.4, 0.5) is 14.9 Å². The van der Waals surface area contributed by atoms with Gasteiger partial charge in [-0.2, -0.15) is 0 Å². The van der Waals surface area contributed by atoms with Crippen LogP contribution in [0.1, 0.15) is 25.5 Å². The number of carbonyl (C=O) groups excluding carboxylic acids is 1. The fraction of sp³-hybridized carbons (Fsp3) is 0.250. The molecule has 0 saturated heterocycles. The molecule has 0 heterocycles. The molecule has 0 unspecified atom stereocenters. The highest BCUT2D eigenvalue weighted by atomic mass is 19.1. The summed E-state index contributed by atoms with van der Waals surface area (Å²) in [5.74, 6) is -0.325. The van der Waals surface area contributed by atoms with E-state index in [0.29, 0.717) is 5.56 Å². The number of hydrogen-bond acceptors (Lipinski definition) is 3. The summed E-state index contributed by atoms with van der Waals surface area (Å²) in [5.41, 5.74) is 6.31. The second-order valence-corrected chi connectivity index (χ2v) is 3.74. The average molecular weight is 238 g/mol. The molecule has 92 valence electrons. The van der Waals surface area contributed by atoms with Gasteiger partial charge >= 0.3 is 6.09 Å². The monoisotopic (exact) mass is 238 g/mol. The molecule has 0 aliphatic heterocycles.